The van der Waals surface area contributed by atoms with Gasteiger partial charge in [0.05, 0.1) is 31.0 Å². The first kappa shape index (κ1) is 23.0. The number of morpholine rings is 1. The van der Waals surface area contributed by atoms with Crippen LogP contribution in [0, 0.1) is 23.3 Å². The van der Waals surface area contributed by atoms with Crippen molar-refractivity contribution in [3.8, 4) is 11.6 Å². The fraction of sp³-hybridized carbons (Fsp3) is 0.292. The van der Waals surface area contributed by atoms with Crippen LogP contribution >= 0.6 is 0 Å². The number of halogens is 4. The van der Waals surface area contributed by atoms with Gasteiger partial charge in [-0.3, -0.25) is 4.79 Å². The lowest BCUT2D eigenvalue weighted by Gasteiger charge is -2.32. The molecule has 1 amide bonds. The van der Waals surface area contributed by atoms with Crippen LogP contribution in [0.1, 0.15) is 21.6 Å². The first-order chi connectivity index (χ1) is 16.9. The third kappa shape index (κ3) is 4.63. The van der Waals surface area contributed by atoms with Crippen LogP contribution in [0.4, 0.5) is 23.5 Å². The lowest BCUT2D eigenvalue weighted by molar-refractivity contribution is 0.0721. The summed E-state index contributed by atoms with van der Waals surface area (Å²) in [5, 5.41) is 0. The van der Waals surface area contributed by atoms with Crippen LogP contribution in [0.25, 0.3) is 0 Å². The Kier molecular flexibility index (Phi) is 6.25. The summed E-state index contributed by atoms with van der Waals surface area (Å²) in [5.41, 5.74) is 0.366. The summed E-state index contributed by atoms with van der Waals surface area (Å²) in [4.78, 5) is 25.3. The Hall–Kier alpha value is -3.73. The standard InChI is InChI=1S/C24H20F4N4O3/c25-16-5-4-14(12-19(16)28)35-22-15-13-32(23(33)21-17(26)2-1-3-18(21)27)7-6-20(15)29-24(30-22)31-8-10-34-11-9-31/h1-5,12H,6-11,13H2. The number of anilines is 1. The third-order valence-corrected chi connectivity index (χ3v) is 5.87. The molecule has 35 heavy (non-hydrogen) atoms. The zero-order valence-corrected chi connectivity index (χ0v) is 18.4. The van der Waals surface area contributed by atoms with Crippen LogP contribution in [0.2, 0.25) is 0 Å². The molecule has 0 radical (unpaired) electrons. The summed E-state index contributed by atoms with van der Waals surface area (Å²) in [6.07, 6.45) is 0.283. The van der Waals surface area contributed by atoms with Gasteiger partial charge in [0.1, 0.15) is 22.9 Å². The average Bonchev–Trinajstić information content (AvgIpc) is 2.86. The fourth-order valence-electron chi connectivity index (χ4n) is 4.05. The molecule has 0 unspecified atom stereocenters. The Morgan fingerprint density at radius 2 is 1.66 bits per heavy atom. The number of rotatable bonds is 4. The van der Waals surface area contributed by atoms with Gasteiger partial charge in [0.25, 0.3) is 5.91 Å². The van der Waals surface area contributed by atoms with Gasteiger partial charge in [-0.15, -0.1) is 0 Å². The first-order valence-electron chi connectivity index (χ1n) is 11.0. The Balaban J connectivity index is 1.51. The molecular formula is C24H20F4N4O3. The maximum absolute atomic E-state index is 14.2. The van der Waals surface area contributed by atoms with Crippen LogP contribution in [0.3, 0.4) is 0 Å². The molecule has 0 saturated carbocycles. The van der Waals surface area contributed by atoms with Crippen molar-refractivity contribution < 1.29 is 31.8 Å². The second kappa shape index (κ2) is 9.49. The lowest BCUT2D eigenvalue weighted by Crippen LogP contribution is -2.40. The van der Waals surface area contributed by atoms with E-state index in [2.05, 4.69) is 9.97 Å². The monoisotopic (exact) mass is 488 g/mol. The molecule has 0 bridgehead atoms. The number of amides is 1. The van der Waals surface area contributed by atoms with Crippen molar-refractivity contribution in [2.75, 3.05) is 37.7 Å². The number of aromatic nitrogens is 2. The minimum absolute atomic E-state index is 0.00123. The normalized spacial score (nSPS) is 15.7. The summed E-state index contributed by atoms with van der Waals surface area (Å²) in [7, 11) is 0. The van der Waals surface area contributed by atoms with E-state index < -0.39 is 34.7 Å². The number of ether oxygens (including phenoxy) is 2. The fourth-order valence-corrected chi connectivity index (χ4v) is 4.05. The van der Waals surface area contributed by atoms with Crippen LogP contribution in [0.15, 0.2) is 36.4 Å². The van der Waals surface area contributed by atoms with E-state index in [0.717, 1.165) is 24.3 Å². The van der Waals surface area contributed by atoms with Crippen LogP contribution in [-0.2, 0) is 17.7 Å². The highest BCUT2D eigenvalue weighted by molar-refractivity contribution is 5.95. The molecule has 0 aliphatic carbocycles. The largest absolute Gasteiger partial charge is 0.438 e. The third-order valence-electron chi connectivity index (χ3n) is 5.87. The van der Waals surface area contributed by atoms with Gasteiger partial charge in [0.15, 0.2) is 11.6 Å². The molecule has 0 spiro atoms. The second-order valence-electron chi connectivity index (χ2n) is 8.10. The SMILES string of the molecule is O=C(c1c(F)cccc1F)N1CCc2nc(N3CCOCC3)nc(Oc3ccc(F)c(F)c3)c2C1. The molecule has 0 N–H and O–H groups in total. The minimum Gasteiger partial charge on any atom is -0.438 e. The zero-order valence-electron chi connectivity index (χ0n) is 18.4. The maximum atomic E-state index is 14.2. The Bertz CT molecular complexity index is 1260. The Labute approximate surface area is 197 Å². The maximum Gasteiger partial charge on any atom is 0.260 e. The number of fused-ring (bicyclic) bond motifs is 1. The van der Waals surface area contributed by atoms with Gasteiger partial charge >= 0.3 is 0 Å². The van der Waals surface area contributed by atoms with Gasteiger partial charge in [-0.25, -0.2) is 22.5 Å². The Morgan fingerprint density at radius 3 is 2.37 bits per heavy atom. The summed E-state index contributed by atoms with van der Waals surface area (Å²) < 4.78 is 66.8. The van der Waals surface area contributed by atoms with Gasteiger partial charge in [-0.2, -0.15) is 4.98 Å². The minimum atomic E-state index is -1.09. The smallest absolute Gasteiger partial charge is 0.260 e. The van der Waals surface area contributed by atoms with Gasteiger partial charge in [0, 0.05) is 32.1 Å². The molecule has 11 heteroatoms. The van der Waals surface area contributed by atoms with Crippen molar-refractivity contribution >= 4 is 11.9 Å². The summed E-state index contributed by atoms with van der Waals surface area (Å²) in [5.74, 6) is -4.43. The van der Waals surface area contributed by atoms with Crippen LogP contribution < -0.4 is 9.64 Å². The Morgan fingerprint density at radius 1 is 0.914 bits per heavy atom. The highest BCUT2D eigenvalue weighted by Gasteiger charge is 2.31. The molecule has 5 rings (SSSR count). The van der Waals surface area contributed by atoms with E-state index in [0.29, 0.717) is 43.5 Å². The predicted octanol–water partition coefficient (Wildman–Crippen LogP) is 3.86. The van der Waals surface area contributed by atoms with E-state index in [-0.39, 0.29) is 31.1 Å². The van der Waals surface area contributed by atoms with Crippen molar-refractivity contribution in [2.45, 2.75) is 13.0 Å². The van der Waals surface area contributed by atoms with Crippen molar-refractivity contribution in [2.24, 2.45) is 0 Å². The van der Waals surface area contributed by atoms with Crippen molar-refractivity contribution in [1.29, 1.82) is 0 Å². The van der Waals surface area contributed by atoms with Crippen molar-refractivity contribution in [3.05, 3.63) is 76.5 Å². The average molecular weight is 488 g/mol. The van der Waals surface area contributed by atoms with Gasteiger partial charge < -0.3 is 19.3 Å². The molecule has 1 fully saturated rings. The van der Waals surface area contributed by atoms with E-state index in [1.165, 1.54) is 17.0 Å². The number of carbonyl (C=O) groups is 1. The molecule has 2 aliphatic rings. The molecule has 0 atom stereocenters. The molecule has 1 saturated heterocycles. The zero-order chi connectivity index (χ0) is 24.5. The molecule has 7 nitrogen and oxygen atoms in total. The highest BCUT2D eigenvalue weighted by Crippen LogP contribution is 2.33. The number of hydrogen-bond donors (Lipinski definition) is 0. The van der Waals surface area contributed by atoms with E-state index in [1.54, 1.807) is 0 Å². The molecule has 2 aliphatic heterocycles. The van der Waals surface area contributed by atoms with Gasteiger partial charge in [-0.05, 0) is 24.3 Å². The van der Waals surface area contributed by atoms with Crippen LogP contribution in [-0.4, -0.2) is 53.6 Å². The van der Waals surface area contributed by atoms with E-state index in [1.807, 2.05) is 4.90 Å². The number of hydrogen-bond acceptors (Lipinski definition) is 6. The number of benzene rings is 2. The quantitative estimate of drug-likeness (QED) is 0.520. The number of nitrogens with zero attached hydrogens (tertiary/aromatic N) is 4. The summed E-state index contributed by atoms with van der Waals surface area (Å²) in [6.45, 7) is 2.20. The lowest BCUT2D eigenvalue weighted by atomic mass is 10.0. The summed E-state index contributed by atoms with van der Waals surface area (Å²) >= 11 is 0. The molecular weight excluding hydrogens is 468 g/mol. The molecule has 182 valence electrons. The van der Waals surface area contributed by atoms with Crippen molar-refractivity contribution in [3.63, 3.8) is 0 Å². The molecule has 2 aromatic carbocycles. The molecule has 3 aromatic rings. The van der Waals surface area contributed by atoms with E-state index in [9.17, 15) is 22.4 Å². The van der Waals surface area contributed by atoms with Gasteiger partial charge in [-0.1, -0.05) is 6.07 Å². The highest BCUT2D eigenvalue weighted by atomic mass is 19.2. The van der Waals surface area contributed by atoms with Gasteiger partial charge in [0.2, 0.25) is 11.8 Å². The molecule has 1 aromatic heterocycles. The van der Waals surface area contributed by atoms with E-state index in [4.69, 9.17) is 9.47 Å². The number of carbonyl (C=O) groups excluding carboxylic acids is 1. The van der Waals surface area contributed by atoms with Crippen LogP contribution in [0.5, 0.6) is 11.6 Å². The van der Waals surface area contributed by atoms with E-state index >= 15 is 0 Å². The summed E-state index contributed by atoms with van der Waals surface area (Å²) in [6, 6.07) is 6.29. The first-order valence-corrected chi connectivity index (χ1v) is 11.0. The molecule has 3 heterocycles. The van der Waals surface area contributed by atoms with Crippen molar-refractivity contribution in [1.82, 2.24) is 14.9 Å². The predicted molar refractivity (Wildman–Crippen MR) is 116 cm³/mol. The topological polar surface area (TPSA) is 67.8 Å². The second-order valence-corrected chi connectivity index (χ2v) is 8.10.